The fourth-order valence-electron chi connectivity index (χ4n) is 1.02. The molecule has 17 heavy (non-hydrogen) atoms. The van der Waals surface area contributed by atoms with Gasteiger partial charge in [0.05, 0.1) is 5.69 Å². The predicted molar refractivity (Wildman–Crippen MR) is 65.5 cm³/mol. The topological polar surface area (TPSA) is 117 Å². The van der Waals surface area contributed by atoms with Crippen LogP contribution in [0.3, 0.4) is 0 Å². The van der Waals surface area contributed by atoms with Crippen LogP contribution in [0.15, 0.2) is 24.3 Å². The summed E-state index contributed by atoms with van der Waals surface area (Å²) < 4.78 is 32.0. The van der Waals surface area contributed by atoms with Gasteiger partial charge in [-0.1, -0.05) is 6.07 Å². The lowest BCUT2D eigenvalue weighted by atomic mass is 10.3. The minimum absolute atomic E-state index is 0.0395. The van der Waals surface area contributed by atoms with E-state index < -0.39 is 10.2 Å². The van der Waals surface area contributed by atoms with Gasteiger partial charge in [0, 0.05) is 13.1 Å². The maximum Gasteiger partial charge on any atom is 0.298 e. The van der Waals surface area contributed by atoms with Gasteiger partial charge in [-0.15, -0.1) is 0 Å². The predicted octanol–water partition coefficient (Wildman–Crippen LogP) is -0.123. The third-order valence-electron chi connectivity index (χ3n) is 1.75. The van der Waals surface area contributed by atoms with E-state index in [-0.39, 0.29) is 12.4 Å². The van der Waals surface area contributed by atoms with Crippen molar-refractivity contribution in [3.05, 3.63) is 24.3 Å². The summed E-state index contributed by atoms with van der Waals surface area (Å²) in [7, 11) is -2.24. The van der Waals surface area contributed by atoms with E-state index in [2.05, 4.69) is 9.44 Å². The van der Waals surface area contributed by atoms with E-state index in [1.165, 1.54) is 13.1 Å². The molecule has 1 aromatic carbocycles. The highest BCUT2D eigenvalue weighted by molar-refractivity contribution is 7.90. The van der Waals surface area contributed by atoms with Crippen molar-refractivity contribution in [3.8, 4) is 5.75 Å². The molecule has 0 aliphatic heterocycles. The van der Waals surface area contributed by atoms with Crippen molar-refractivity contribution in [2.24, 2.45) is 5.73 Å². The molecule has 0 aromatic heterocycles. The molecule has 0 saturated carbocycles. The molecular weight excluding hydrogens is 244 g/mol. The maximum atomic E-state index is 11.2. The number of rotatable bonds is 6. The molecule has 0 unspecified atom stereocenters. The van der Waals surface area contributed by atoms with Crippen LogP contribution in [0.2, 0.25) is 0 Å². The van der Waals surface area contributed by atoms with Crippen LogP contribution in [0.1, 0.15) is 0 Å². The Morgan fingerprint density at radius 3 is 2.82 bits per heavy atom. The summed E-state index contributed by atoms with van der Waals surface area (Å²) in [6.45, 7) is -0.0395. The van der Waals surface area contributed by atoms with Crippen molar-refractivity contribution in [1.29, 1.82) is 5.41 Å². The molecule has 0 fully saturated rings. The normalized spacial score (nSPS) is 10.9. The summed E-state index contributed by atoms with van der Waals surface area (Å²) in [6.07, 6.45) is 0. The second-order valence-electron chi connectivity index (χ2n) is 3.15. The lowest BCUT2D eigenvalue weighted by Crippen LogP contribution is -2.26. The second-order valence-corrected chi connectivity index (χ2v) is 4.77. The van der Waals surface area contributed by atoms with Gasteiger partial charge in [-0.3, -0.25) is 10.1 Å². The van der Waals surface area contributed by atoms with Gasteiger partial charge < -0.3 is 10.5 Å². The van der Waals surface area contributed by atoms with Gasteiger partial charge in [-0.05, 0) is 12.1 Å². The Morgan fingerprint density at radius 2 is 2.24 bits per heavy atom. The smallest absolute Gasteiger partial charge is 0.298 e. The summed E-state index contributed by atoms with van der Waals surface area (Å²) in [4.78, 5) is 0. The molecule has 0 bridgehead atoms. The van der Waals surface area contributed by atoms with Gasteiger partial charge >= 0.3 is 0 Å². The quantitative estimate of drug-likeness (QED) is 0.420. The molecule has 0 saturated heterocycles. The maximum absolute atomic E-state index is 11.2. The zero-order valence-electron chi connectivity index (χ0n) is 9.23. The molecule has 7 nitrogen and oxygen atoms in total. The van der Waals surface area contributed by atoms with Crippen LogP contribution in [0.4, 0.5) is 5.69 Å². The zero-order chi connectivity index (χ0) is 12.9. The van der Waals surface area contributed by atoms with Crippen LogP contribution in [-0.2, 0) is 10.2 Å². The van der Waals surface area contributed by atoms with Crippen LogP contribution in [-0.4, -0.2) is 27.9 Å². The average Bonchev–Trinajstić information content (AvgIpc) is 2.26. The largest absolute Gasteiger partial charge is 0.486 e. The Kier molecular flexibility index (Phi) is 4.30. The molecule has 0 heterocycles. The third kappa shape index (κ3) is 4.70. The van der Waals surface area contributed by atoms with Gasteiger partial charge in [0.2, 0.25) is 0 Å². The molecule has 0 radical (unpaired) electrons. The zero-order valence-corrected chi connectivity index (χ0v) is 10.0. The molecule has 0 aliphatic rings. The number of nitrogens with one attached hydrogen (secondary N) is 3. The summed E-state index contributed by atoms with van der Waals surface area (Å²) in [6, 6.07) is 6.34. The van der Waals surface area contributed by atoms with Crippen molar-refractivity contribution >= 4 is 21.7 Å². The first-order chi connectivity index (χ1) is 7.93. The first-order valence-electron chi connectivity index (χ1n) is 4.70. The minimum atomic E-state index is -3.54. The molecule has 1 rings (SSSR count). The number of anilines is 1. The standard InChI is InChI=1S/C9H14N4O3S/c1-12-17(14,15)13-7-3-2-4-8(5-7)16-6-9(10)11/h2-5,12-13H,6H2,1H3,(H3,10,11). The Morgan fingerprint density at radius 1 is 1.53 bits per heavy atom. The Hall–Kier alpha value is -1.80. The van der Waals surface area contributed by atoms with Gasteiger partial charge in [-0.25, -0.2) is 4.72 Å². The molecular formula is C9H14N4O3S. The van der Waals surface area contributed by atoms with Crippen LogP contribution in [0.25, 0.3) is 0 Å². The van der Waals surface area contributed by atoms with Crippen molar-refractivity contribution < 1.29 is 13.2 Å². The van der Waals surface area contributed by atoms with E-state index in [0.717, 1.165) is 0 Å². The molecule has 94 valence electrons. The van der Waals surface area contributed by atoms with Gasteiger partial charge in [-0.2, -0.15) is 8.42 Å². The third-order valence-corrected chi connectivity index (χ3v) is 2.79. The van der Waals surface area contributed by atoms with Gasteiger partial charge in [0.1, 0.15) is 18.2 Å². The van der Waals surface area contributed by atoms with Crippen molar-refractivity contribution in [1.82, 2.24) is 4.72 Å². The van der Waals surface area contributed by atoms with Crippen LogP contribution in [0, 0.1) is 5.41 Å². The highest BCUT2D eigenvalue weighted by Gasteiger charge is 2.06. The van der Waals surface area contributed by atoms with E-state index >= 15 is 0 Å². The van der Waals surface area contributed by atoms with E-state index in [1.807, 2.05) is 0 Å². The van der Waals surface area contributed by atoms with Crippen molar-refractivity contribution in [2.45, 2.75) is 0 Å². The van der Waals surface area contributed by atoms with Gasteiger partial charge in [0.25, 0.3) is 10.2 Å². The fourth-order valence-corrected chi connectivity index (χ4v) is 1.56. The summed E-state index contributed by atoms with van der Waals surface area (Å²) in [5.74, 6) is 0.322. The summed E-state index contributed by atoms with van der Waals surface area (Å²) in [5.41, 5.74) is 5.50. The van der Waals surface area contributed by atoms with E-state index in [9.17, 15) is 8.42 Å². The van der Waals surface area contributed by atoms with Crippen LogP contribution >= 0.6 is 0 Å². The lowest BCUT2D eigenvalue weighted by molar-refractivity contribution is 0.374. The average molecular weight is 258 g/mol. The molecule has 1 aromatic rings. The van der Waals surface area contributed by atoms with Crippen LogP contribution < -0.4 is 19.9 Å². The lowest BCUT2D eigenvalue weighted by Gasteiger charge is -2.09. The molecule has 0 amide bonds. The molecule has 0 aliphatic carbocycles. The number of nitrogens with two attached hydrogens (primary N) is 1. The SMILES string of the molecule is CNS(=O)(=O)Nc1cccc(OCC(=N)N)c1. The van der Waals surface area contributed by atoms with E-state index in [0.29, 0.717) is 11.4 Å². The van der Waals surface area contributed by atoms with E-state index in [4.69, 9.17) is 15.9 Å². The number of hydrogen-bond donors (Lipinski definition) is 4. The Bertz CT molecular complexity index is 501. The summed E-state index contributed by atoms with van der Waals surface area (Å²) >= 11 is 0. The number of hydrogen-bond acceptors (Lipinski definition) is 4. The molecule has 0 spiro atoms. The van der Waals surface area contributed by atoms with Crippen molar-refractivity contribution in [2.75, 3.05) is 18.4 Å². The number of benzene rings is 1. The molecule has 5 N–H and O–H groups in total. The fraction of sp³-hybridized carbons (Fsp3) is 0.222. The first-order valence-corrected chi connectivity index (χ1v) is 6.18. The van der Waals surface area contributed by atoms with Gasteiger partial charge in [0.15, 0.2) is 0 Å². The number of ether oxygens (including phenoxy) is 1. The number of amidine groups is 1. The van der Waals surface area contributed by atoms with Crippen LogP contribution in [0.5, 0.6) is 5.75 Å². The minimum Gasteiger partial charge on any atom is -0.486 e. The Balaban J connectivity index is 2.76. The molecule has 8 heteroatoms. The monoisotopic (exact) mass is 258 g/mol. The first kappa shape index (κ1) is 13.3. The Labute approximate surface area is 99.7 Å². The second kappa shape index (κ2) is 5.51. The van der Waals surface area contributed by atoms with Crippen molar-refractivity contribution in [3.63, 3.8) is 0 Å². The summed E-state index contributed by atoms with van der Waals surface area (Å²) in [5, 5.41) is 7.00. The highest BCUT2D eigenvalue weighted by atomic mass is 32.2. The highest BCUT2D eigenvalue weighted by Crippen LogP contribution is 2.17. The molecule has 0 atom stereocenters. The van der Waals surface area contributed by atoms with E-state index in [1.54, 1.807) is 18.2 Å².